The Balaban J connectivity index is 1.80. The van der Waals surface area contributed by atoms with Gasteiger partial charge in [0.1, 0.15) is 18.1 Å². The quantitative estimate of drug-likeness (QED) is 0.261. The summed E-state index contributed by atoms with van der Waals surface area (Å²) >= 11 is 0. The van der Waals surface area contributed by atoms with E-state index in [4.69, 9.17) is 19.5 Å². The van der Waals surface area contributed by atoms with Crippen molar-refractivity contribution in [3.8, 4) is 11.5 Å². The first-order valence-electron chi connectivity index (χ1n) is 10.9. The first-order valence-corrected chi connectivity index (χ1v) is 12.5. The molecule has 0 aliphatic heterocycles. The third-order valence-corrected chi connectivity index (χ3v) is 6.84. The SMILES string of the molecule is NCCCCC(NC(=O)OCc1ccccc1)P(=O)(Oc1ccccc1)Oc1ccccc1. The van der Waals surface area contributed by atoms with Crippen molar-refractivity contribution in [3.63, 3.8) is 0 Å². The maximum atomic E-state index is 14.1. The molecule has 3 N–H and O–H groups in total. The Kier molecular flexibility index (Phi) is 9.36. The number of carbonyl (C=O) groups excluding carboxylic acids is 1. The normalized spacial score (nSPS) is 11.9. The van der Waals surface area contributed by atoms with E-state index in [-0.39, 0.29) is 6.61 Å². The van der Waals surface area contributed by atoms with Crippen molar-refractivity contribution < 1.29 is 23.1 Å². The van der Waals surface area contributed by atoms with E-state index in [2.05, 4.69) is 5.32 Å². The van der Waals surface area contributed by atoms with Gasteiger partial charge in [-0.25, -0.2) is 9.36 Å². The fourth-order valence-corrected chi connectivity index (χ4v) is 4.98. The summed E-state index contributed by atoms with van der Waals surface area (Å²) < 4.78 is 31.3. The van der Waals surface area contributed by atoms with Crippen LogP contribution in [0.25, 0.3) is 0 Å². The number of nitrogens with one attached hydrogen (secondary N) is 1. The van der Waals surface area contributed by atoms with E-state index < -0.39 is 19.5 Å². The van der Waals surface area contributed by atoms with Gasteiger partial charge < -0.3 is 24.8 Å². The average Bonchev–Trinajstić information content (AvgIpc) is 2.84. The zero-order valence-corrected chi connectivity index (χ0v) is 19.2. The van der Waals surface area contributed by atoms with Crippen LogP contribution in [0.5, 0.6) is 11.5 Å². The molecule has 33 heavy (non-hydrogen) atoms. The van der Waals surface area contributed by atoms with E-state index >= 15 is 0 Å². The zero-order chi connectivity index (χ0) is 23.4. The number of ether oxygens (including phenoxy) is 1. The van der Waals surface area contributed by atoms with E-state index in [1.54, 1.807) is 48.5 Å². The molecule has 0 heterocycles. The molecule has 0 saturated heterocycles. The molecule has 174 valence electrons. The summed E-state index contributed by atoms with van der Waals surface area (Å²) in [6, 6.07) is 26.8. The highest BCUT2D eigenvalue weighted by Crippen LogP contribution is 2.53. The lowest BCUT2D eigenvalue weighted by molar-refractivity contribution is 0.136. The number of carbonyl (C=O) groups is 1. The van der Waals surface area contributed by atoms with Gasteiger partial charge in [0, 0.05) is 0 Å². The number of para-hydroxylation sites is 2. The monoisotopic (exact) mass is 468 g/mol. The van der Waals surface area contributed by atoms with Crippen LogP contribution in [0, 0.1) is 0 Å². The Morgan fingerprint density at radius 3 is 1.85 bits per heavy atom. The molecule has 0 saturated carbocycles. The summed E-state index contributed by atoms with van der Waals surface area (Å²) in [5.41, 5.74) is 6.48. The van der Waals surface area contributed by atoms with Crippen LogP contribution in [-0.2, 0) is 15.9 Å². The molecule has 0 spiro atoms. The molecular formula is C25H29N2O5P. The molecule has 3 aromatic rings. The Morgan fingerprint density at radius 1 is 0.818 bits per heavy atom. The standard InChI is InChI=1S/C25H29N2O5P/c26-19-11-10-18-24(27-25(28)30-20-21-12-4-1-5-13-21)33(29,31-22-14-6-2-7-15-22)32-23-16-8-3-9-17-23/h1-9,12-17,24H,10-11,18-20,26H2,(H,27,28). The van der Waals surface area contributed by atoms with Crippen LogP contribution in [-0.4, -0.2) is 18.4 Å². The number of alkyl carbamates (subject to hydrolysis) is 1. The number of nitrogens with two attached hydrogens (primary N) is 1. The number of unbranched alkanes of at least 4 members (excludes halogenated alkanes) is 1. The number of amides is 1. The summed E-state index contributed by atoms with van der Waals surface area (Å²) in [5.74, 6) is -0.187. The maximum Gasteiger partial charge on any atom is 0.453 e. The second-order valence-electron chi connectivity index (χ2n) is 7.35. The molecule has 1 unspecified atom stereocenters. The highest BCUT2D eigenvalue weighted by atomic mass is 31.2. The van der Waals surface area contributed by atoms with Gasteiger partial charge in [-0.3, -0.25) is 0 Å². The van der Waals surface area contributed by atoms with Crippen LogP contribution < -0.4 is 20.1 Å². The first-order chi connectivity index (χ1) is 16.1. The summed E-state index contributed by atoms with van der Waals surface area (Å²) in [6.07, 6.45) is 0.966. The fraction of sp³-hybridized carbons (Fsp3) is 0.240. The Morgan fingerprint density at radius 2 is 1.33 bits per heavy atom. The Bertz CT molecular complexity index is 973. The van der Waals surface area contributed by atoms with Crippen molar-refractivity contribution in [1.29, 1.82) is 0 Å². The van der Waals surface area contributed by atoms with Crippen LogP contribution in [0.15, 0.2) is 91.0 Å². The maximum absolute atomic E-state index is 14.1. The highest BCUT2D eigenvalue weighted by Gasteiger charge is 2.40. The van der Waals surface area contributed by atoms with Gasteiger partial charge in [0.2, 0.25) is 0 Å². The van der Waals surface area contributed by atoms with Crippen molar-refractivity contribution in [2.75, 3.05) is 6.54 Å². The summed E-state index contributed by atoms with van der Waals surface area (Å²) in [6.45, 7) is 0.570. The molecule has 8 heteroatoms. The summed E-state index contributed by atoms with van der Waals surface area (Å²) in [7, 11) is -3.92. The van der Waals surface area contributed by atoms with E-state index in [0.29, 0.717) is 37.3 Å². The second kappa shape index (κ2) is 12.7. The minimum absolute atomic E-state index is 0.0889. The zero-order valence-electron chi connectivity index (χ0n) is 18.3. The molecule has 3 aromatic carbocycles. The molecule has 0 aromatic heterocycles. The van der Waals surface area contributed by atoms with Crippen molar-refractivity contribution in [2.45, 2.75) is 31.7 Å². The van der Waals surface area contributed by atoms with Gasteiger partial charge in [-0.1, -0.05) is 66.7 Å². The highest BCUT2D eigenvalue weighted by molar-refractivity contribution is 7.55. The lowest BCUT2D eigenvalue weighted by atomic mass is 10.2. The van der Waals surface area contributed by atoms with Crippen LogP contribution in [0.4, 0.5) is 4.79 Å². The molecule has 1 atom stereocenters. The number of benzene rings is 3. The van der Waals surface area contributed by atoms with E-state index in [1.165, 1.54) is 0 Å². The van der Waals surface area contributed by atoms with Gasteiger partial charge in [-0.05, 0) is 55.6 Å². The van der Waals surface area contributed by atoms with Crippen LogP contribution in [0.1, 0.15) is 24.8 Å². The summed E-state index contributed by atoms with van der Waals surface area (Å²) in [5, 5.41) is 2.71. The van der Waals surface area contributed by atoms with Crippen LogP contribution >= 0.6 is 7.60 Å². The summed E-state index contributed by atoms with van der Waals surface area (Å²) in [4.78, 5) is 12.6. The van der Waals surface area contributed by atoms with Crippen LogP contribution in [0.2, 0.25) is 0 Å². The van der Waals surface area contributed by atoms with Gasteiger partial charge in [0.05, 0.1) is 0 Å². The van der Waals surface area contributed by atoms with Gasteiger partial charge in [0.15, 0.2) is 5.78 Å². The van der Waals surface area contributed by atoms with Gasteiger partial charge in [-0.15, -0.1) is 0 Å². The minimum Gasteiger partial charge on any atom is -0.445 e. The predicted molar refractivity (Wildman–Crippen MR) is 128 cm³/mol. The third-order valence-electron chi connectivity index (χ3n) is 4.76. The second-order valence-corrected chi connectivity index (χ2v) is 9.42. The Hall–Kier alpha value is -3.28. The molecule has 0 bridgehead atoms. The van der Waals surface area contributed by atoms with Gasteiger partial charge in [0.25, 0.3) is 0 Å². The lowest BCUT2D eigenvalue weighted by Gasteiger charge is -2.28. The molecule has 0 aliphatic rings. The number of hydrogen-bond acceptors (Lipinski definition) is 6. The molecule has 7 nitrogen and oxygen atoms in total. The van der Waals surface area contributed by atoms with E-state index in [1.807, 2.05) is 42.5 Å². The first kappa shape index (κ1) is 24.4. The molecule has 0 radical (unpaired) electrons. The van der Waals surface area contributed by atoms with Crippen molar-refractivity contribution >= 4 is 13.7 Å². The van der Waals surface area contributed by atoms with E-state index in [0.717, 1.165) is 5.56 Å². The lowest BCUT2D eigenvalue weighted by Crippen LogP contribution is -2.37. The molecule has 0 fully saturated rings. The van der Waals surface area contributed by atoms with Crippen LogP contribution in [0.3, 0.4) is 0 Å². The average molecular weight is 468 g/mol. The number of rotatable bonds is 12. The third kappa shape index (κ3) is 7.97. The molecular weight excluding hydrogens is 439 g/mol. The van der Waals surface area contributed by atoms with Gasteiger partial charge >= 0.3 is 13.7 Å². The molecule has 0 aliphatic carbocycles. The van der Waals surface area contributed by atoms with Crippen molar-refractivity contribution in [2.24, 2.45) is 5.73 Å². The van der Waals surface area contributed by atoms with Crippen molar-refractivity contribution in [1.82, 2.24) is 5.32 Å². The van der Waals surface area contributed by atoms with Gasteiger partial charge in [-0.2, -0.15) is 0 Å². The molecule has 3 rings (SSSR count). The van der Waals surface area contributed by atoms with Crippen molar-refractivity contribution in [3.05, 3.63) is 96.6 Å². The largest absolute Gasteiger partial charge is 0.453 e. The topological polar surface area (TPSA) is 99.9 Å². The minimum atomic E-state index is -3.92. The molecule has 1 amide bonds. The predicted octanol–water partition coefficient (Wildman–Crippen LogP) is 5.72. The fourth-order valence-electron chi connectivity index (χ4n) is 3.09. The Labute approximate surface area is 194 Å². The van der Waals surface area contributed by atoms with E-state index in [9.17, 15) is 9.36 Å². The number of hydrogen-bond donors (Lipinski definition) is 2. The smallest absolute Gasteiger partial charge is 0.445 e.